The van der Waals surface area contributed by atoms with E-state index in [1.54, 1.807) is 0 Å². The van der Waals surface area contributed by atoms with E-state index in [2.05, 4.69) is 39.0 Å². The fourth-order valence-corrected chi connectivity index (χ4v) is 1.88. The van der Waals surface area contributed by atoms with Crippen LogP contribution in [0.3, 0.4) is 0 Å². The number of ether oxygens (including phenoxy) is 1. The van der Waals surface area contributed by atoms with Gasteiger partial charge in [-0.1, -0.05) is 32.9 Å². The van der Waals surface area contributed by atoms with Gasteiger partial charge in [-0.15, -0.1) is 0 Å². The van der Waals surface area contributed by atoms with E-state index < -0.39 is 0 Å². The van der Waals surface area contributed by atoms with Crippen molar-refractivity contribution in [2.24, 2.45) is 0 Å². The second kappa shape index (κ2) is 4.50. The van der Waals surface area contributed by atoms with Crippen LogP contribution in [-0.4, -0.2) is 6.10 Å². The molecule has 0 radical (unpaired) electrons. The Morgan fingerprint density at radius 2 is 1.79 bits per heavy atom. The number of aryl methyl sites for hydroxylation is 1. The zero-order valence-corrected chi connectivity index (χ0v) is 9.79. The summed E-state index contributed by atoms with van der Waals surface area (Å²) >= 11 is 0. The summed E-state index contributed by atoms with van der Waals surface area (Å²) < 4.78 is 5.70. The van der Waals surface area contributed by atoms with Crippen molar-refractivity contribution in [3.8, 4) is 5.75 Å². The van der Waals surface area contributed by atoms with E-state index in [0.717, 1.165) is 5.75 Å². The topological polar surface area (TPSA) is 9.23 Å². The molecule has 1 heterocycles. The number of fused-ring (bicyclic) bond motifs is 1. The van der Waals surface area contributed by atoms with Gasteiger partial charge in [-0.3, -0.25) is 0 Å². The molecule has 0 amide bonds. The fourth-order valence-electron chi connectivity index (χ4n) is 1.88. The minimum absolute atomic E-state index is 0.334. The van der Waals surface area contributed by atoms with Gasteiger partial charge in [-0.25, -0.2) is 0 Å². The summed E-state index contributed by atoms with van der Waals surface area (Å²) in [6.07, 6.45) is 0.334. The molecule has 0 bridgehead atoms. The van der Waals surface area contributed by atoms with Crippen LogP contribution < -0.4 is 4.74 Å². The molecule has 0 N–H and O–H groups in total. The lowest BCUT2D eigenvalue weighted by atomic mass is 9.95. The monoisotopic (exact) mass is 192 g/mol. The van der Waals surface area contributed by atoms with Gasteiger partial charge in [0, 0.05) is 11.5 Å². The summed E-state index contributed by atoms with van der Waals surface area (Å²) in [5.74, 6) is 1.62. The zero-order chi connectivity index (χ0) is 10.7. The van der Waals surface area contributed by atoms with E-state index in [-0.39, 0.29) is 0 Å². The van der Waals surface area contributed by atoms with E-state index in [0.29, 0.717) is 12.0 Å². The molecule has 14 heavy (non-hydrogen) atoms. The molecule has 1 heteroatoms. The Hall–Kier alpha value is -0.980. The fraction of sp³-hybridized carbons (Fsp3) is 0.538. The summed E-state index contributed by atoms with van der Waals surface area (Å²) in [5.41, 5.74) is 2.74. The Morgan fingerprint density at radius 1 is 1.14 bits per heavy atom. The molecule has 1 nitrogen and oxygen atoms in total. The van der Waals surface area contributed by atoms with Gasteiger partial charge in [0.2, 0.25) is 0 Å². The third kappa shape index (κ3) is 1.77. The first-order valence-electron chi connectivity index (χ1n) is 5.46. The van der Waals surface area contributed by atoms with E-state index in [4.69, 9.17) is 4.74 Å². The minimum atomic E-state index is 0.334. The average molecular weight is 192 g/mol. The highest BCUT2D eigenvalue weighted by Gasteiger charge is 2.28. The molecule has 1 aromatic rings. The van der Waals surface area contributed by atoms with Crippen molar-refractivity contribution in [2.75, 3.05) is 0 Å². The Morgan fingerprint density at radius 3 is 2.36 bits per heavy atom. The first-order chi connectivity index (χ1) is 6.70. The standard InChI is InChI=1S/C11H14O.C2H6/c1-7-5-4-6-10-11(7)8(2)9(3)12-10;1-2/h4-6,8-9H,1-3H3;1-2H3. The van der Waals surface area contributed by atoms with Crippen LogP contribution in [0.15, 0.2) is 18.2 Å². The van der Waals surface area contributed by atoms with Crippen molar-refractivity contribution in [3.63, 3.8) is 0 Å². The van der Waals surface area contributed by atoms with Crippen LogP contribution in [0, 0.1) is 6.92 Å². The molecule has 2 rings (SSSR count). The lowest BCUT2D eigenvalue weighted by molar-refractivity contribution is 0.232. The maximum Gasteiger partial charge on any atom is 0.123 e. The summed E-state index contributed by atoms with van der Waals surface area (Å²) in [4.78, 5) is 0. The molecule has 0 spiro atoms. The van der Waals surface area contributed by atoms with Crippen LogP contribution in [0.25, 0.3) is 0 Å². The third-order valence-corrected chi connectivity index (χ3v) is 2.76. The Balaban J connectivity index is 0.000000461. The van der Waals surface area contributed by atoms with Crippen molar-refractivity contribution >= 4 is 0 Å². The molecule has 78 valence electrons. The number of rotatable bonds is 0. The average Bonchev–Trinajstić information content (AvgIpc) is 2.47. The number of hydrogen-bond acceptors (Lipinski definition) is 1. The van der Waals surface area contributed by atoms with Gasteiger partial charge in [-0.2, -0.15) is 0 Å². The van der Waals surface area contributed by atoms with Gasteiger partial charge in [0.15, 0.2) is 0 Å². The van der Waals surface area contributed by atoms with Crippen LogP contribution in [0.4, 0.5) is 0 Å². The van der Waals surface area contributed by atoms with Crippen molar-refractivity contribution in [1.82, 2.24) is 0 Å². The molecular weight excluding hydrogens is 172 g/mol. The predicted octanol–water partition coefficient (Wildman–Crippen LogP) is 3.91. The largest absolute Gasteiger partial charge is 0.490 e. The first-order valence-corrected chi connectivity index (χ1v) is 5.46. The lowest BCUT2D eigenvalue weighted by Gasteiger charge is -2.08. The maximum absolute atomic E-state index is 5.70. The maximum atomic E-state index is 5.70. The van der Waals surface area contributed by atoms with Gasteiger partial charge < -0.3 is 4.74 Å². The number of benzene rings is 1. The summed E-state index contributed by atoms with van der Waals surface area (Å²) in [6.45, 7) is 10.5. The quantitative estimate of drug-likeness (QED) is 0.605. The van der Waals surface area contributed by atoms with Crippen molar-refractivity contribution in [2.45, 2.75) is 46.6 Å². The van der Waals surface area contributed by atoms with Crippen molar-refractivity contribution in [3.05, 3.63) is 29.3 Å². The van der Waals surface area contributed by atoms with Gasteiger partial charge in [0.1, 0.15) is 11.9 Å². The molecule has 0 saturated carbocycles. The summed E-state index contributed by atoms with van der Waals surface area (Å²) in [5, 5.41) is 0. The van der Waals surface area contributed by atoms with E-state index in [1.807, 2.05) is 13.8 Å². The van der Waals surface area contributed by atoms with Crippen LogP contribution in [-0.2, 0) is 0 Å². The van der Waals surface area contributed by atoms with Crippen molar-refractivity contribution < 1.29 is 4.74 Å². The molecule has 0 saturated heterocycles. The summed E-state index contributed by atoms with van der Waals surface area (Å²) in [7, 11) is 0. The van der Waals surface area contributed by atoms with Crippen LogP contribution in [0.2, 0.25) is 0 Å². The number of hydrogen-bond donors (Lipinski definition) is 0. The SMILES string of the molecule is CC.Cc1cccc2c1C(C)C(C)O2. The van der Waals surface area contributed by atoms with E-state index >= 15 is 0 Å². The smallest absolute Gasteiger partial charge is 0.123 e. The van der Waals surface area contributed by atoms with Gasteiger partial charge in [-0.05, 0) is 25.5 Å². The second-order valence-electron chi connectivity index (χ2n) is 3.60. The zero-order valence-electron chi connectivity index (χ0n) is 9.79. The van der Waals surface area contributed by atoms with E-state index in [9.17, 15) is 0 Å². The predicted molar refractivity (Wildman–Crippen MR) is 61.0 cm³/mol. The summed E-state index contributed by atoms with van der Waals surface area (Å²) in [6, 6.07) is 6.26. The second-order valence-corrected chi connectivity index (χ2v) is 3.60. The van der Waals surface area contributed by atoms with Crippen LogP contribution in [0.1, 0.15) is 44.7 Å². The first kappa shape index (κ1) is 11.1. The Kier molecular flexibility index (Phi) is 3.56. The molecule has 1 aliphatic rings. The molecule has 0 aromatic heterocycles. The highest BCUT2D eigenvalue weighted by molar-refractivity contribution is 5.45. The molecule has 0 aliphatic carbocycles. The van der Waals surface area contributed by atoms with E-state index in [1.165, 1.54) is 11.1 Å². The van der Waals surface area contributed by atoms with Gasteiger partial charge >= 0.3 is 0 Å². The molecule has 0 fully saturated rings. The Labute approximate surface area is 87.1 Å². The lowest BCUT2D eigenvalue weighted by Crippen LogP contribution is -2.10. The van der Waals surface area contributed by atoms with Crippen molar-refractivity contribution in [1.29, 1.82) is 0 Å². The molecule has 2 atom stereocenters. The minimum Gasteiger partial charge on any atom is -0.490 e. The normalized spacial score (nSPS) is 23.2. The van der Waals surface area contributed by atoms with Gasteiger partial charge in [0.05, 0.1) is 0 Å². The molecular formula is C13H20O. The van der Waals surface area contributed by atoms with Crippen LogP contribution >= 0.6 is 0 Å². The van der Waals surface area contributed by atoms with Crippen LogP contribution in [0.5, 0.6) is 5.75 Å². The molecule has 1 aromatic carbocycles. The highest BCUT2D eigenvalue weighted by Crippen LogP contribution is 2.39. The Bertz CT molecular complexity index is 304. The third-order valence-electron chi connectivity index (χ3n) is 2.76. The highest BCUT2D eigenvalue weighted by atomic mass is 16.5. The van der Waals surface area contributed by atoms with Gasteiger partial charge in [0.25, 0.3) is 0 Å². The molecule has 2 unspecified atom stereocenters. The molecule has 1 aliphatic heterocycles.